The van der Waals surface area contributed by atoms with Crippen LogP contribution in [-0.2, 0) is 14.3 Å². The fourth-order valence-electron chi connectivity index (χ4n) is 1.50. The van der Waals surface area contributed by atoms with E-state index >= 15 is 0 Å². The Bertz CT molecular complexity index is 341. The normalized spacial score (nSPS) is 19.4. The lowest BCUT2D eigenvalue weighted by molar-refractivity contribution is -0.117. The van der Waals surface area contributed by atoms with Crippen molar-refractivity contribution >= 4 is 11.9 Å². The van der Waals surface area contributed by atoms with E-state index in [1.807, 2.05) is 20.8 Å². The number of hydrogen-bond donors (Lipinski definition) is 0. The molecule has 0 N–H and O–H groups in total. The van der Waals surface area contributed by atoms with E-state index in [2.05, 4.69) is 0 Å². The summed E-state index contributed by atoms with van der Waals surface area (Å²) in [4.78, 5) is 24.8. The summed E-state index contributed by atoms with van der Waals surface area (Å²) in [5, 5.41) is 0. The molecule has 5 heteroatoms. The molecule has 1 amide bonds. The van der Waals surface area contributed by atoms with Gasteiger partial charge in [-0.05, 0) is 20.8 Å². The summed E-state index contributed by atoms with van der Waals surface area (Å²) in [5.74, 6) is 0.0201. The highest BCUT2D eigenvalue weighted by molar-refractivity contribution is 5.97. The van der Waals surface area contributed by atoms with Crippen molar-refractivity contribution in [1.82, 2.24) is 4.90 Å². The van der Waals surface area contributed by atoms with Gasteiger partial charge in [0.15, 0.2) is 5.78 Å². The number of hydrogen-bond acceptors (Lipinski definition) is 4. The van der Waals surface area contributed by atoms with Gasteiger partial charge in [-0.15, -0.1) is 0 Å². The van der Waals surface area contributed by atoms with Crippen LogP contribution in [0.1, 0.15) is 27.2 Å². The lowest BCUT2D eigenvalue weighted by Crippen LogP contribution is -2.43. The van der Waals surface area contributed by atoms with Gasteiger partial charge in [-0.2, -0.15) is 0 Å². The van der Waals surface area contributed by atoms with E-state index in [1.54, 1.807) is 0 Å². The Morgan fingerprint density at radius 2 is 2.06 bits per heavy atom. The minimum Gasteiger partial charge on any atom is -0.504 e. The predicted octanol–water partition coefficient (Wildman–Crippen LogP) is 1.73. The summed E-state index contributed by atoms with van der Waals surface area (Å²) < 4.78 is 10.1. The van der Waals surface area contributed by atoms with E-state index in [0.29, 0.717) is 18.5 Å². The maximum atomic E-state index is 11.8. The largest absolute Gasteiger partial charge is 0.504 e. The number of likely N-dealkylation sites (tertiary alicyclic amines) is 1. The Balaban J connectivity index is 2.65. The molecule has 0 aromatic carbocycles. The highest BCUT2D eigenvalue weighted by Gasteiger charge is 2.28. The molecule has 1 saturated heterocycles. The molecule has 0 spiro atoms. The second kappa shape index (κ2) is 5.21. The molecule has 1 rings (SSSR count). The van der Waals surface area contributed by atoms with Crippen LogP contribution < -0.4 is 0 Å². The first kappa shape index (κ1) is 13.5. The van der Waals surface area contributed by atoms with Gasteiger partial charge in [0, 0.05) is 18.5 Å². The van der Waals surface area contributed by atoms with Crippen LogP contribution in [0.15, 0.2) is 11.8 Å². The number of amides is 1. The van der Waals surface area contributed by atoms with Gasteiger partial charge >= 0.3 is 6.09 Å². The second-order valence-electron chi connectivity index (χ2n) is 4.95. The van der Waals surface area contributed by atoms with Crippen LogP contribution >= 0.6 is 0 Å². The molecule has 0 radical (unpaired) electrons. The Labute approximate surface area is 101 Å². The summed E-state index contributed by atoms with van der Waals surface area (Å²) in [7, 11) is 1.48. The average molecular weight is 241 g/mol. The van der Waals surface area contributed by atoms with Gasteiger partial charge in [-0.1, -0.05) is 0 Å². The molecule has 0 aromatic heterocycles. The fourth-order valence-corrected chi connectivity index (χ4v) is 1.50. The van der Waals surface area contributed by atoms with Crippen LogP contribution in [0.25, 0.3) is 0 Å². The number of piperidine rings is 1. The highest BCUT2D eigenvalue weighted by Crippen LogP contribution is 2.16. The predicted molar refractivity (Wildman–Crippen MR) is 62.5 cm³/mol. The van der Waals surface area contributed by atoms with Crippen molar-refractivity contribution in [1.29, 1.82) is 0 Å². The first-order valence-corrected chi connectivity index (χ1v) is 5.56. The van der Waals surface area contributed by atoms with Gasteiger partial charge in [-0.25, -0.2) is 4.79 Å². The molecule has 0 aromatic rings. The third kappa shape index (κ3) is 4.09. The third-order valence-electron chi connectivity index (χ3n) is 2.24. The topological polar surface area (TPSA) is 55.8 Å². The standard InChI is InChI=1S/C12H19NO4/c1-12(2,3)17-11(15)13-6-5-10(14)9(7-13)8-16-4/h8H,5-7H2,1-4H3/b9-8+. The summed E-state index contributed by atoms with van der Waals surface area (Å²) in [6.45, 7) is 6.08. The SMILES string of the molecule is CO/C=C1\CN(C(=O)OC(C)(C)C)CCC1=O. The number of nitrogens with zero attached hydrogens (tertiary/aromatic N) is 1. The molecule has 0 aliphatic carbocycles. The van der Waals surface area contributed by atoms with Gasteiger partial charge in [0.2, 0.25) is 0 Å². The molecule has 1 aliphatic rings. The fraction of sp³-hybridized carbons (Fsp3) is 0.667. The summed E-state index contributed by atoms with van der Waals surface area (Å²) >= 11 is 0. The highest BCUT2D eigenvalue weighted by atomic mass is 16.6. The maximum absolute atomic E-state index is 11.8. The van der Waals surface area contributed by atoms with Crippen LogP contribution in [0.3, 0.4) is 0 Å². The third-order valence-corrected chi connectivity index (χ3v) is 2.24. The van der Waals surface area contributed by atoms with Crippen molar-refractivity contribution in [3.8, 4) is 0 Å². The number of ketones is 1. The number of methoxy groups -OCH3 is 1. The van der Waals surface area contributed by atoms with Crippen LogP contribution in [0.5, 0.6) is 0 Å². The Morgan fingerprint density at radius 3 is 2.59 bits per heavy atom. The maximum Gasteiger partial charge on any atom is 0.410 e. The van der Waals surface area contributed by atoms with E-state index in [0.717, 1.165) is 0 Å². The van der Waals surface area contributed by atoms with Gasteiger partial charge in [0.05, 0.1) is 19.9 Å². The molecular weight excluding hydrogens is 222 g/mol. The molecular formula is C12H19NO4. The van der Waals surface area contributed by atoms with Gasteiger partial charge in [0.1, 0.15) is 5.60 Å². The van der Waals surface area contributed by atoms with E-state index in [4.69, 9.17) is 9.47 Å². The first-order valence-electron chi connectivity index (χ1n) is 5.56. The van der Waals surface area contributed by atoms with E-state index in [-0.39, 0.29) is 12.3 Å². The lowest BCUT2D eigenvalue weighted by Gasteiger charge is -2.30. The zero-order valence-corrected chi connectivity index (χ0v) is 10.8. The number of Topliss-reactive ketones (excluding diaryl/α,β-unsaturated/α-hetero) is 1. The summed E-state index contributed by atoms with van der Waals surface area (Å²) in [6.07, 6.45) is 1.31. The molecule has 0 atom stereocenters. The minimum absolute atomic E-state index is 0.0201. The number of carbonyl (C=O) groups excluding carboxylic acids is 2. The van der Waals surface area contributed by atoms with Crippen LogP contribution in [0.2, 0.25) is 0 Å². The molecule has 1 aliphatic heterocycles. The monoisotopic (exact) mass is 241 g/mol. The van der Waals surface area contributed by atoms with E-state index in [9.17, 15) is 9.59 Å². The quantitative estimate of drug-likeness (QED) is 0.518. The van der Waals surface area contributed by atoms with Crippen molar-refractivity contribution in [2.45, 2.75) is 32.8 Å². The Morgan fingerprint density at radius 1 is 1.41 bits per heavy atom. The Hall–Kier alpha value is -1.52. The minimum atomic E-state index is -0.524. The zero-order valence-electron chi connectivity index (χ0n) is 10.8. The average Bonchev–Trinajstić information content (AvgIpc) is 2.19. The van der Waals surface area contributed by atoms with Crippen molar-refractivity contribution < 1.29 is 19.1 Å². The molecule has 1 fully saturated rings. The molecule has 0 bridgehead atoms. The van der Waals surface area contributed by atoms with Crippen LogP contribution in [-0.4, -0.2) is 42.6 Å². The van der Waals surface area contributed by atoms with Crippen molar-refractivity contribution in [3.05, 3.63) is 11.8 Å². The molecule has 1 heterocycles. The molecule has 0 unspecified atom stereocenters. The molecule has 0 saturated carbocycles. The van der Waals surface area contributed by atoms with Crippen LogP contribution in [0, 0.1) is 0 Å². The van der Waals surface area contributed by atoms with Crippen molar-refractivity contribution in [3.63, 3.8) is 0 Å². The lowest BCUT2D eigenvalue weighted by atomic mass is 10.1. The van der Waals surface area contributed by atoms with Crippen LogP contribution in [0.4, 0.5) is 4.79 Å². The number of carbonyl (C=O) groups is 2. The van der Waals surface area contributed by atoms with Gasteiger partial charge < -0.3 is 14.4 Å². The van der Waals surface area contributed by atoms with E-state index in [1.165, 1.54) is 18.3 Å². The van der Waals surface area contributed by atoms with Gasteiger partial charge in [0.25, 0.3) is 0 Å². The first-order chi connectivity index (χ1) is 7.83. The summed E-state index contributed by atoms with van der Waals surface area (Å²) in [6, 6.07) is 0. The molecule has 17 heavy (non-hydrogen) atoms. The van der Waals surface area contributed by atoms with Crippen molar-refractivity contribution in [2.24, 2.45) is 0 Å². The Kier molecular flexibility index (Phi) is 4.15. The number of rotatable bonds is 1. The summed E-state index contributed by atoms with van der Waals surface area (Å²) in [5.41, 5.74) is -0.0199. The second-order valence-corrected chi connectivity index (χ2v) is 4.95. The molecule has 96 valence electrons. The van der Waals surface area contributed by atoms with E-state index < -0.39 is 11.7 Å². The van der Waals surface area contributed by atoms with Gasteiger partial charge in [-0.3, -0.25) is 4.79 Å². The molecule has 5 nitrogen and oxygen atoms in total. The van der Waals surface area contributed by atoms with Crippen molar-refractivity contribution in [2.75, 3.05) is 20.2 Å². The zero-order chi connectivity index (χ0) is 13.1. The number of ether oxygens (including phenoxy) is 2. The smallest absolute Gasteiger partial charge is 0.410 e.